The third kappa shape index (κ3) is 4.70. The van der Waals surface area contributed by atoms with Gasteiger partial charge in [-0.3, -0.25) is 4.79 Å². The van der Waals surface area contributed by atoms with Gasteiger partial charge in [0.15, 0.2) is 0 Å². The molecule has 1 aromatic carbocycles. The van der Waals surface area contributed by atoms with Crippen LogP contribution in [0.15, 0.2) is 33.9 Å². The number of benzene rings is 1. The van der Waals surface area contributed by atoms with E-state index in [1.165, 1.54) is 11.8 Å². The van der Waals surface area contributed by atoms with Crippen LogP contribution in [0, 0.1) is 0 Å². The lowest BCUT2D eigenvalue weighted by Gasteiger charge is -2.09. The van der Waals surface area contributed by atoms with E-state index in [0.29, 0.717) is 22.7 Å². The number of nitrogens with one attached hydrogen (secondary N) is 1. The summed E-state index contributed by atoms with van der Waals surface area (Å²) in [6.07, 6.45) is 2.20. The molecule has 1 saturated heterocycles. The van der Waals surface area contributed by atoms with Gasteiger partial charge in [-0.2, -0.15) is 0 Å². The van der Waals surface area contributed by atoms with E-state index in [2.05, 4.69) is 15.5 Å². The molecule has 1 unspecified atom stereocenters. The number of halogens is 1. The van der Waals surface area contributed by atoms with Gasteiger partial charge in [-0.15, -0.1) is 10.2 Å². The lowest BCUT2D eigenvalue weighted by atomic mass is 10.2. The third-order valence-corrected chi connectivity index (χ3v) is 4.41. The molecule has 2 aromatic rings. The number of hydrogen-bond acceptors (Lipinski definition) is 6. The van der Waals surface area contributed by atoms with Crippen LogP contribution in [-0.4, -0.2) is 41.1 Å². The Balaban J connectivity index is 1.48. The van der Waals surface area contributed by atoms with Gasteiger partial charge in [0.1, 0.15) is 0 Å². The van der Waals surface area contributed by atoms with Gasteiger partial charge in [-0.25, -0.2) is 0 Å². The van der Waals surface area contributed by atoms with Crippen LogP contribution in [0.25, 0.3) is 11.5 Å². The van der Waals surface area contributed by atoms with Gasteiger partial charge in [0, 0.05) is 23.7 Å². The maximum atomic E-state index is 11.8. The highest BCUT2D eigenvalue weighted by Gasteiger charge is 2.17. The summed E-state index contributed by atoms with van der Waals surface area (Å²) in [6, 6.07) is 7.17. The fraction of sp³-hybridized carbons (Fsp3) is 0.400. The predicted molar refractivity (Wildman–Crippen MR) is 87.5 cm³/mol. The van der Waals surface area contributed by atoms with Crippen molar-refractivity contribution in [3.05, 3.63) is 29.3 Å². The fourth-order valence-electron chi connectivity index (χ4n) is 2.22. The maximum absolute atomic E-state index is 11.8. The van der Waals surface area contributed by atoms with Gasteiger partial charge in [0.05, 0.1) is 11.9 Å². The summed E-state index contributed by atoms with van der Waals surface area (Å²) in [7, 11) is 0. The molecule has 1 amide bonds. The molecule has 1 aliphatic heterocycles. The highest BCUT2D eigenvalue weighted by Crippen LogP contribution is 2.24. The summed E-state index contributed by atoms with van der Waals surface area (Å²) in [5, 5.41) is 11.7. The molecule has 0 bridgehead atoms. The number of nitrogens with zero attached hydrogens (tertiary/aromatic N) is 2. The van der Waals surface area contributed by atoms with Gasteiger partial charge in [-0.05, 0) is 31.0 Å². The molecule has 1 aliphatic rings. The topological polar surface area (TPSA) is 77.2 Å². The first-order valence-corrected chi connectivity index (χ1v) is 8.67. The van der Waals surface area contributed by atoms with E-state index in [0.717, 1.165) is 25.0 Å². The molecule has 1 aromatic heterocycles. The second-order valence-corrected chi connectivity index (χ2v) is 6.47. The van der Waals surface area contributed by atoms with E-state index in [4.69, 9.17) is 20.8 Å². The smallest absolute Gasteiger partial charge is 0.277 e. The Labute approximate surface area is 142 Å². The monoisotopic (exact) mass is 353 g/mol. The molecular formula is C15H16ClN3O3S. The Morgan fingerprint density at radius 3 is 3.13 bits per heavy atom. The van der Waals surface area contributed by atoms with Gasteiger partial charge >= 0.3 is 0 Å². The Hall–Kier alpha value is -1.57. The van der Waals surface area contributed by atoms with Crippen molar-refractivity contribution in [1.29, 1.82) is 0 Å². The average molecular weight is 354 g/mol. The Morgan fingerprint density at radius 2 is 2.35 bits per heavy atom. The number of aromatic nitrogens is 2. The van der Waals surface area contributed by atoms with Crippen LogP contribution in [0.3, 0.4) is 0 Å². The highest BCUT2D eigenvalue weighted by molar-refractivity contribution is 7.99. The van der Waals surface area contributed by atoms with Crippen molar-refractivity contribution < 1.29 is 13.9 Å². The zero-order valence-electron chi connectivity index (χ0n) is 12.3. The summed E-state index contributed by atoms with van der Waals surface area (Å²) in [4.78, 5) is 11.8. The molecule has 0 saturated carbocycles. The molecule has 0 aliphatic carbocycles. The molecule has 1 atom stereocenters. The molecule has 23 heavy (non-hydrogen) atoms. The quantitative estimate of drug-likeness (QED) is 0.805. The van der Waals surface area contributed by atoms with Gasteiger partial charge in [0.2, 0.25) is 11.8 Å². The summed E-state index contributed by atoms with van der Waals surface area (Å²) < 4.78 is 11.0. The second-order valence-electron chi connectivity index (χ2n) is 5.11. The van der Waals surface area contributed by atoms with E-state index in [-0.39, 0.29) is 17.8 Å². The Bertz CT molecular complexity index is 673. The van der Waals surface area contributed by atoms with Crippen molar-refractivity contribution in [3.8, 4) is 11.5 Å². The molecule has 6 nitrogen and oxygen atoms in total. The first-order valence-electron chi connectivity index (χ1n) is 7.31. The highest BCUT2D eigenvalue weighted by atomic mass is 35.5. The van der Waals surface area contributed by atoms with Gasteiger partial charge in [0.25, 0.3) is 5.22 Å². The third-order valence-electron chi connectivity index (χ3n) is 3.36. The van der Waals surface area contributed by atoms with Crippen LogP contribution in [0.1, 0.15) is 12.8 Å². The summed E-state index contributed by atoms with van der Waals surface area (Å²) in [6.45, 7) is 1.33. The fourth-order valence-corrected chi connectivity index (χ4v) is 3.00. The molecule has 0 spiro atoms. The van der Waals surface area contributed by atoms with Gasteiger partial charge < -0.3 is 14.5 Å². The summed E-state index contributed by atoms with van der Waals surface area (Å²) in [5.41, 5.74) is 0.750. The van der Waals surface area contributed by atoms with Crippen LogP contribution in [0.5, 0.6) is 0 Å². The van der Waals surface area contributed by atoms with E-state index in [1.54, 1.807) is 12.1 Å². The summed E-state index contributed by atoms with van der Waals surface area (Å²) >= 11 is 7.14. The number of amides is 1. The molecular weight excluding hydrogens is 338 g/mol. The normalized spacial score (nSPS) is 17.3. The molecule has 1 fully saturated rings. The molecule has 1 N–H and O–H groups in total. The van der Waals surface area contributed by atoms with Crippen molar-refractivity contribution in [2.75, 3.05) is 18.9 Å². The number of carbonyl (C=O) groups is 1. The van der Waals surface area contributed by atoms with E-state index in [9.17, 15) is 4.79 Å². The van der Waals surface area contributed by atoms with Crippen molar-refractivity contribution in [3.63, 3.8) is 0 Å². The Kier molecular flexibility index (Phi) is 5.53. The minimum atomic E-state index is -0.0759. The van der Waals surface area contributed by atoms with Crippen molar-refractivity contribution in [2.24, 2.45) is 0 Å². The van der Waals surface area contributed by atoms with Crippen LogP contribution >= 0.6 is 23.4 Å². The number of ether oxygens (including phenoxy) is 1. The zero-order chi connectivity index (χ0) is 16.1. The Morgan fingerprint density at radius 1 is 1.43 bits per heavy atom. The maximum Gasteiger partial charge on any atom is 0.277 e. The van der Waals surface area contributed by atoms with E-state index >= 15 is 0 Å². The molecule has 2 heterocycles. The number of thioether (sulfide) groups is 1. The largest absolute Gasteiger partial charge is 0.411 e. The average Bonchev–Trinajstić information content (AvgIpc) is 3.22. The molecule has 8 heteroatoms. The molecule has 3 rings (SSSR count). The van der Waals surface area contributed by atoms with Crippen molar-refractivity contribution in [2.45, 2.75) is 24.2 Å². The SMILES string of the molecule is O=C(CSc1nnc(-c2cccc(Cl)c2)o1)NCC1CCCO1. The number of carbonyl (C=O) groups excluding carboxylic acids is 1. The lowest BCUT2D eigenvalue weighted by molar-refractivity contribution is -0.119. The van der Waals surface area contributed by atoms with Crippen LogP contribution in [-0.2, 0) is 9.53 Å². The van der Waals surface area contributed by atoms with E-state index < -0.39 is 0 Å². The number of hydrogen-bond donors (Lipinski definition) is 1. The lowest BCUT2D eigenvalue weighted by Crippen LogP contribution is -2.32. The van der Waals surface area contributed by atoms with Crippen molar-refractivity contribution >= 4 is 29.3 Å². The standard InChI is InChI=1S/C15H16ClN3O3S/c16-11-4-1-3-10(7-11)14-18-19-15(22-14)23-9-13(20)17-8-12-5-2-6-21-12/h1,3-4,7,12H,2,5-6,8-9H2,(H,17,20). The van der Waals surface area contributed by atoms with Crippen LogP contribution in [0.4, 0.5) is 0 Å². The summed E-state index contributed by atoms with van der Waals surface area (Å²) in [5.74, 6) is 0.534. The molecule has 122 valence electrons. The minimum Gasteiger partial charge on any atom is -0.411 e. The van der Waals surface area contributed by atoms with Gasteiger partial charge in [-0.1, -0.05) is 29.4 Å². The van der Waals surface area contributed by atoms with Crippen LogP contribution in [0.2, 0.25) is 5.02 Å². The minimum absolute atomic E-state index is 0.0759. The molecule has 0 radical (unpaired) electrons. The van der Waals surface area contributed by atoms with Crippen LogP contribution < -0.4 is 5.32 Å². The zero-order valence-corrected chi connectivity index (χ0v) is 13.9. The number of rotatable bonds is 6. The first kappa shape index (κ1) is 16.3. The van der Waals surface area contributed by atoms with Crippen molar-refractivity contribution in [1.82, 2.24) is 15.5 Å². The van der Waals surface area contributed by atoms with E-state index in [1.807, 2.05) is 12.1 Å². The second kappa shape index (κ2) is 7.81. The predicted octanol–water partition coefficient (Wildman–Crippen LogP) is 2.78. The first-order chi connectivity index (χ1) is 11.2.